The summed E-state index contributed by atoms with van der Waals surface area (Å²) in [7, 11) is 0. The molecular weight excluding hydrogens is 212 g/mol. The fourth-order valence-electron chi connectivity index (χ4n) is 2.59. The summed E-state index contributed by atoms with van der Waals surface area (Å²) in [5.41, 5.74) is 0.724. The van der Waals surface area contributed by atoms with Gasteiger partial charge in [0.15, 0.2) is 5.78 Å². The summed E-state index contributed by atoms with van der Waals surface area (Å²) in [6.45, 7) is 0. The number of benzene rings is 1. The van der Waals surface area contributed by atoms with Gasteiger partial charge in [0, 0.05) is 5.92 Å². The normalized spacial score (nSPS) is 19.6. The third-order valence-corrected chi connectivity index (χ3v) is 3.64. The Morgan fingerprint density at radius 1 is 1.06 bits per heavy atom. The first-order valence-electron chi connectivity index (χ1n) is 6.56. The largest absolute Gasteiger partial charge is 0.381 e. The van der Waals surface area contributed by atoms with Crippen LogP contribution in [0.25, 0.3) is 0 Å². The topological polar surface area (TPSA) is 37.3 Å². The Morgan fingerprint density at radius 3 is 2.24 bits per heavy atom. The second-order valence-corrected chi connectivity index (χ2v) is 4.90. The van der Waals surface area contributed by atoms with Crippen LogP contribution in [0.3, 0.4) is 0 Å². The summed E-state index contributed by atoms with van der Waals surface area (Å²) in [6.07, 6.45) is 5.66. The lowest BCUT2D eigenvalue weighted by Gasteiger charge is -2.17. The molecule has 0 saturated heterocycles. The highest BCUT2D eigenvalue weighted by Gasteiger charge is 2.26. The second-order valence-electron chi connectivity index (χ2n) is 4.90. The summed E-state index contributed by atoms with van der Waals surface area (Å²) in [4.78, 5) is 12.2. The van der Waals surface area contributed by atoms with Gasteiger partial charge < -0.3 is 5.11 Å². The lowest BCUT2D eigenvalue weighted by atomic mass is 9.90. The van der Waals surface area contributed by atoms with Crippen LogP contribution < -0.4 is 0 Å². The number of hydrogen-bond acceptors (Lipinski definition) is 2. The Hall–Kier alpha value is -1.15. The van der Waals surface area contributed by atoms with Gasteiger partial charge >= 0.3 is 0 Å². The average molecular weight is 232 g/mol. The minimum absolute atomic E-state index is 0.0121. The molecule has 2 heteroatoms. The molecule has 0 aliphatic heterocycles. The number of aliphatic hydroxyl groups is 1. The average Bonchev–Trinajstić information content (AvgIpc) is 2.67. The fraction of sp³-hybridized carbons (Fsp3) is 0.533. The monoisotopic (exact) mass is 232 g/mol. The van der Waals surface area contributed by atoms with E-state index in [1.807, 2.05) is 30.3 Å². The quantitative estimate of drug-likeness (QED) is 0.812. The number of hydrogen-bond donors (Lipinski definition) is 1. The highest BCUT2D eigenvalue weighted by Crippen LogP contribution is 2.28. The summed E-state index contributed by atoms with van der Waals surface area (Å²) in [5, 5.41) is 10.1. The van der Waals surface area contributed by atoms with Crippen LogP contribution in [-0.2, 0) is 4.79 Å². The van der Waals surface area contributed by atoms with E-state index in [9.17, 15) is 9.90 Å². The third-order valence-electron chi connectivity index (χ3n) is 3.64. The molecule has 0 spiro atoms. The maximum Gasteiger partial charge on any atom is 0.168 e. The van der Waals surface area contributed by atoms with Gasteiger partial charge in [0.1, 0.15) is 6.10 Å². The molecule has 1 atom stereocenters. The first-order chi connectivity index (χ1) is 8.29. The van der Waals surface area contributed by atoms with Gasteiger partial charge in [-0.1, -0.05) is 56.0 Å². The van der Waals surface area contributed by atoms with Crippen molar-refractivity contribution in [3.8, 4) is 0 Å². The van der Waals surface area contributed by atoms with Gasteiger partial charge in [0.25, 0.3) is 0 Å². The van der Waals surface area contributed by atoms with E-state index in [0.717, 1.165) is 31.2 Å². The van der Waals surface area contributed by atoms with Gasteiger partial charge in [0.05, 0.1) is 0 Å². The van der Waals surface area contributed by atoms with E-state index in [4.69, 9.17) is 0 Å². The number of aliphatic hydroxyl groups excluding tert-OH is 1. The van der Waals surface area contributed by atoms with Crippen molar-refractivity contribution < 1.29 is 9.90 Å². The van der Waals surface area contributed by atoms with Crippen LogP contribution in [0.5, 0.6) is 0 Å². The van der Waals surface area contributed by atoms with Crippen LogP contribution in [0, 0.1) is 5.92 Å². The summed E-state index contributed by atoms with van der Waals surface area (Å²) >= 11 is 0. The van der Waals surface area contributed by atoms with E-state index in [-0.39, 0.29) is 11.7 Å². The standard InChI is InChI=1S/C15H20O2/c16-14(12-8-4-1-2-5-9-12)15(17)13-10-6-3-7-11-13/h3,6-7,10-12,15,17H,1-2,4-5,8-9H2. The zero-order valence-corrected chi connectivity index (χ0v) is 10.1. The predicted molar refractivity (Wildman–Crippen MR) is 67.6 cm³/mol. The molecule has 1 aromatic carbocycles. The third kappa shape index (κ3) is 3.16. The van der Waals surface area contributed by atoms with Gasteiger partial charge in [-0.15, -0.1) is 0 Å². The molecule has 1 aromatic rings. The predicted octanol–water partition coefficient (Wildman–Crippen LogP) is 3.26. The van der Waals surface area contributed by atoms with E-state index in [0.29, 0.717) is 0 Å². The minimum Gasteiger partial charge on any atom is -0.381 e. The van der Waals surface area contributed by atoms with Crippen LogP contribution >= 0.6 is 0 Å². The van der Waals surface area contributed by atoms with Crippen LogP contribution in [0.2, 0.25) is 0 Å². The molecule has 1 aliphatic rings. The van der Waals surface area contributed by atoms with E-state index in [1.165, 1.54) is 12.8 Å². The maximum atomic E-state index is 12.2. The van der Waals surface area contributed by atoms with Crippen molar-refractivity contribution in [3.05, 3.63) is 35.9 Å². The number of ketones is 1. The minimum atomic E-state index is -0.931. The molecular formula is C15H20O2. The van der Waals surface area contributed by atoms with Gasteiger partial charge in [-0.3, -0.25) is 4.79 Å². The molecule has 1 N–H and O–H groups in total. The molecule has 1 aliphatic carbocycles. The van der Waals surface area contributed by atoms with E-state index < -0.39 is 6.10 Å². The van der Waals surface area contributed by atoms with Crippen LogP contribution in [0.15, 0.2) is 30.3 Å². The Bertz CT molecular complexity index is 350. The van der Waals surface area contributed by atoms with E-state index in [1.54, 1.807) is 0 Å². The van der Waals surface area contributed by atoms with E-state index >= 15 is 0 Å². The van der Waals surface area contributed by atoms with Gasteiger partial charge in [0.2, 0.25) is 0 Å². The maximum absolute atomic E-state index is 12.2. The first kappa shape index (κ1) is 12.3. The Kier molecular flexibility index (Phi) is 4.32. The Balaban J connectivity index is 2.03. The number of Topliss-reactive ketones (excluding diaryl/α,β-unsaturated/α-hetero) is 1. The molecule has 2 nitrogen and oxygen atoms in total. The summed E-state index contributed by atoms with van der Waals surface area (Å²) in [5.74, 6) is 0.0748. The van der Waals surface area contributed by atoms with Crippen molar-refractivity contribution in [3.63, 3.8) is 0 Å². The zero-order chi connectivity index (χ0) is 12.1. The van der Waals surface area contributed by atoms with Gasteiger partial charge in [-0.2, -0.15) is 0 Å². The molecule has 2 rings (SSSR count). The Morgan fingerprint density at radius 2 is 1.65 bits per heavy atom. The lowest BCUT2D eigenvalue weighted by molar-refractivity contribution is -0.131. The van der Waals surface area contributed by atoms with Crippen LogP contribution in [-0.4, -0.2) is 10.9 Å². The molecule has 0 radical (unpaired) electrons. The fourth-order valence-corrected chi connectivity index (χ4v) is 2.59. The summed E-state index contributed by atoms with van der Waals surface area (Å²) < 4.78 is 0. The van der Waals surface area contributed by atoms with Crippen molar-refractivity contribution in [2.24, 2.45) is 5.92 Å². The van der Waals surface area contributed by atoms with E-state index in [2.05, 4.69) is 0 Å². The Labute approximate surface area is 103 Å². The highest BCUT2D eigenvalue weighted by molar-refractivity contribution is 5.86. The molecule has 1 saturated carbocycles. The molecule has 17 heavy (non-hydrogen) atoms. The lowest BCUT2D eigenvalue weighted by Crippen LogP contribution is -2.21. The molecule has 0 amide bonds. The SMILES string of the molecule is O=C(C1CCCCCC1)C(O)c1ccccc1. The van der Waals surface area contributed by atoms with Crippen LogP contribution in [0.1, 0.15) is 50.2 Å². The van der Waals surface area contributed by atoms with Gasteiger partial charge in [-0.05, 0) is 18.4 Å². The highest BCUT2D eigenvalue weighted by atomic mass is 16.3. The smallest absolute Gasteiger partial charge is 0.168 e. The van der Waals surface area contributed by atoms with Crippen molar-refractivity contribution in [1.29, 1.82) is 0 Å². The number of rotatable bonds is 3. The second kappa shape index (κ2) is 5.97. The molecule has 0 bridgehead atoms. The molecule has 92 valence electrons. The number of carbonyl (C=O) groups excluding carboxylic acids is 1. The van der Waals surface area contributed by atoms with Crippen molar-refractivity contribution in [1.82, 2.24) is 0 Å². The van der Waals surface area contributed by atoms with Gasteiger partial charge in [-0.25, -0.2) is 0 Å². The van der Waals surface area contributed by atoms with Crippen LogP contribution in [0.4, 0.5) is 0 Å². The number of carbonyl (C=O) groups is 1. The molecule has 0 aromatic heterocycles. The van der Waals surface area contributed by atoms with Crippen molar-refractivity contribution in [2.75, 3.05) is 0 Å². The van der Waals surface area contributed by atoms with Crippen molar-refractivity contribution >= 4 is 5.78 Å². The molecule has 1 unspecified atom stereocenters. The van der Waals surface area contributed by atoms with Crippen molar-refractivity contribution in [2.45, 2.75) is 44.6 Å². The molecule has 0 heterocycles. The zero-order valence-electron chi connectivity index (χ0n) is 10.1. The first-order valence-corrected chi connectivity index (χ1v) is 6.56. The molecule has 1 fully saturated rings. The summed E-state index contributed by atoms with van der Waals surface area (Å²) in [6, 6.07) is 9.25.